The van der Waals surface area contributed by atoms with Gasteiger partial charge in [0.1, 0.15) is 5.75 Å². The van der Waals surface area contributed by atoms with Gasteiger partial charge in [-0.05, 0) is 13.0 Å². The third-order valence-electron chi connectivity index (χ3n) is 1.29. The summed E-state index contributed by atoms with van der Waals surface area (Å²) in [5.41, 5.74) is 0.578. The second kappa shape index (κ2) is 3.62. The van der Waals surface area contributed by atoms with Crippen molar-refractivity contribution in [3.8, 4) is 5.75 Å². The van der Waals surface area contributed by atoms with Crippen LogP contribution in [0.15, 0.2) is 24.3 Å². The molecule has 1 aromatic rings. The molecule has 0 aliphatic carbocycles. The summed E-state index contributed by atoms with van der Waals surface area (Å²) in [6.07, 6.45) is 0. The van der Waals surface area contributed by atoms with E-state index in [4.69, 9.17) is 11.3 Å². The van der Waals surface area contributed by atoms with Gasteiger partial charge >= 0.3 is 0 Å². The molecule has 0 fully saturated rings. The Bertz CT molecular complexity index is 275. The van der Waals surface area contributed by atoms with Crippen LogP contribution in [0, 0.1) is 6.57 Å². The lowest BCUT2D eigenvalue weighted by molar-refractivity contribution is 0.342. The zero-order valence-corrected chi connectivity index (χ0v) is 6.37. The maximum Gasteiger partial charge on any atom is 0.228 e. The number of hydrogen-bond acceptors (Lipinski definition) is 1. The van der Waals surface area contributed by atoms with Gasteiger partial charge in [0.15, 0.2) is 0 Å². The van der Waals surface area contributed by atoms with Crippen LogP contribution in [0.25, 0.3) is 4.85 Å². The molecular formula is C9H9NO. The van der Waals surface area contributed by atoms with E-state index < -0.39 is 0 Å². The average Bonchev–Trinajstić information content (AvgIpc) is 2.06. The Morgan fingerprint density at radius 3 is 2.82 bits per heavy atom. The molecule has 0 saturated heterocycles. The highest BCUT2D eigenvalue weighted by atomic mass is 16.5. The maximum absolute atomic E-state index is 6.81. The van der Waals surface area contributed by atoms with Gasteiger partial charge in [0.05, 0.1) is 13.2 Å². The minimum atomic E-state index is 0.578. The number of nitrogens with zero attached hydrogens (tertiary/aromatic N) is 1. The van der Waals surface area contributed by atoms with E-state index in [1.54, 1.807) is 12.1 Å². The van der Waals surface area contributed by atoms with Gasteiger partial charge in [-0.2, -0.15) is 0 Å². The van der Waals surface area contributed by atoms with Crippen LogP contribution in [0.5, 0.6) is 5.75 Å². The lowest BCUT2D eigenvalue weighted by Gasteiger charge is -2.03. The maximum atomic E-state index is 6.81. The number of ether oxygens (including phenoxy) is 1. The molecule has 11 heavy (non-hydrogen) atoms. The molecular weight excluding hydrogens is 138 g/mol. The van der Waals surface area contributed by atoms with Gasteiger partial charge in [-0.1, -0.05) is 18.2 Å². The standard InChI is InChI=1S/C9H9NO/c1-3-11-9-7-5-4-6-8(9)10-2/h4-7H,3H2,1H3. The van der Waals surface area contributed by atoms with Crippen LogP contribution in [0.1, 0.15) is 6.92 Å². The van der Waals surface area contributed by atoms with Crippen LogP contribution in [-0.2, 0) is 0 Å². The molecule has 0 heterocycles. The number of benzene rings is 1. The Morgan fingerprint density at radius 2 is 2.18 bits per heavy atom. The Balaban J connectivity index is 2.95. The Hall–Kier alpha value is -1.49. The lowest BCUT2D eigenvalue weighted by atomic mass is 10.3. The first kappa shape index (κ1) is 7.62. The molecule has 1 rings (SSSR count). The summed E-state index contributed by atoms with van der Waals surface area (Å²) >= 11 is 0. The highest BCUT2D eigenvalue weighted by molar-refractivity contribution is 5.56. The van der Waals surface area contributed by atoms with Crippen LogP contribution in [0.4, 0.5) is 5.69 Å². The Labute approximate surface area is 66.2 Å². The van der Waals surface area contributed by atoms with Gasteiger partial charge < -0.3 is 4.74 Å². The first-order chi connectivity index (χ1) is 5.38. The van der Waals surface area contributed by atoms with E-state index in [1.165, 1.54) is 0 Å². The fourth-order valence-corrected chi connectivity index (χ4v) is 0.827. The Morgan fingerprint density at radius 1 is 1.45 bits per heavy atom. The van der Waals surface area contributed by atoms with Crippen molar-refractivity contribution in [1.82, 2.24) is 0 Å². The minimum Gasteiger partial charge on any atom is -0.505 e. The smallest absolute Gasteiger partial charge is 0.228 e. The zero-order chi connectivity index (χ0) is 8.10. The fraction of sp³-hybridized carbons (Fsp3) is 0.222. The third kappa shape index (κ3) is 1.71. The van der Waals surface area contributed by atoms with Gasteiger partial charge in [0, 0.05) is 0 Å². The average molecular weight is 147 g/mol. The van der Waals surface area contributed by atoms with Crippen molar-refractivity contribution < 1.29 is 4.74 Å². The zero-order valence-electron chi connectivity index (χ0n) is 6.37. The van der Waals surface area contributed by atoms with Crippen LogP contribution in [-0.4, -0.2) is 6.61 Å². The summed E-state index contributed by atoms with van der Waals surface area (Å²) in [7, 11) is 0. The number of para-hydroxylation sites is 2. The molecule has 0 aliphatic rings. The van der Waals surface area contributed by atoms with Gasteiger partial charge in [0.2, 0.25) is 5.69 Å². The van der Waals surface area contributed by atoms with E-state index in [1.807, 2.05) is 19.1 Å². The summed E-state index contributed by atoms with van der Waals surface area (Å²) in [4.78, 5) is 3.31. The lowest BCUT2D eigenvalue weighted by Crippen LogP contribution is -1.90. The summed E-state index contributed by atoms with van der Waals surface area (Å²) in [5.74, 6) is 0.671. The quantitative estimate of drug-likeness (QED) is 0.586. The summed E-state index contributed by atoms with van der Waals surface area (Å²) < 4.78 is 5.21. The summed E-state index contributed by atoms with van der Waals surface area (Å²) in [6.45, 7) is 9.32. The molecule has 2 nitrogen and oxygen atoms in total. The van der Waals surface area contributed by atoms with Crippen LogP contribution in [0.2, 0.25) is 0 Å². The van der Waals surface area contributed by atoms with E-state index in [0.717, 1.165) is 0 Å². The van der Waals surface area contributed by atoms with Gasteiger partial charge in [0.25, 0.3) is 0 Å². The first-order valence-electron chi connectivity index (χ1n) is 3.47. The van der Waals surface area contributed by atoms with Gasteiger partial charge in [-0.3, -0.25) is 0 Å². The highest BCUT2D eigenvalue weighted by Gasteiger charge is 1.98. The van der Waals surface area contributed by atoms with Crippen molar-refractivity contribution in [2.45, 2.75) is 6.92 Å². The monoisotopic (exact) mass is 147 g/mol. The summed E-state index contributed by atoms with van der Waals surface area (Å²) in [6, 6.07) is 7.24. The number of hydrogen-bond donors (Lipinski definition) is 0. The van der Waals surface area contributed by atoms with Crippen molar-refractivity contribution in [2.24, 2.45) is 0 Å². The normalized spacial score (nSPS) is 8.73. The summed E-state index contributed by atoms with van der Waals surface area (Å²) in [5, 5.41) is 0. The molecule has 1 aromatic carbocycles. The van der Waals surface area contributed by atoms with E-state index in [0.29, 0.717) is 18.0 Å². The van der Waals surface area contributed by atoms with Crippen LogP contribution < -0.4 is 4.74 Å². The van der Waals surface area contributed by atoms with E-state index in [2.05, 4.69) is 4.85 Å². The van der Waals surface area contributed by atoms with Crippen molar-refractivity contribution in [2.75, 3.05) is 6.61 Å². The van der Waals surface area contributed by atoms with Crippen LogP contribution in [0.3, 0.4) is 0 Å². The molecule has 0 spiro atoms. The molecule has 0 aliphatic heterocycles. The molecule has 56 valence electrons. The second-order valence-electron chi connectivity index (χ2n) is 2.01. The predicted octanol–water partition coefficient (Wildman–Crippen LogP) is 2.64. The molecule has 0 saturated carbocycles. The highest BCUT2D eigenvalue weighted by Crippen LogP contribution is 2.26. The SMILES string of the molecule is [C-]#[N+]c1ccccc1OCC. The number of rotatable bonds is 2. The molecule has 0 unspecified atom stereocenters. The molecule has 0 atom stereocenters. The Kier molecular flexibility index (Phi) is 2.51. The van der Waals surface area contributed by atoms with Gasteiger partial charge in [-0.25, -0.2) is 4.85 Å². The molecule has 0 amide bonds. The molecule has 0 bridgehead atoms. The third-order valence-corrected chi connectivity index (χ3v) is 1.29. The molecule has 2 heteroatoms. The predicted molar refractivity (Wildman–Crippen MR) is 43.9 cm³/mol. The van der Waals surface area contributed by atoms with E-state index >= 15 is 0 Å². The molecule has 0 aromatic heterocycles. The van der Waals surface area contributed by atoms with E-state index in [-0.39, 0.29) is 0 Å². The second-order valence-corrected chi connectivity index (χ2v) is 2.01. The molecule has 0 radical (unpaired) electrons. The largest absolute Gasteiger partial charge is 0.505 e. The van der Waals surface area contributed by atoms with Crippen molar-refractivity contribution in [1.29, 1.82) is 0 Å². The molecule has 0 N–H and O–H groups in total. The van der Waals surface area contributed by atoms with Gasteiger partial charge in [-0.15, -0.1) is 0 Å². The van der Waals surface area contributed by atoms with E-state index in [9.17, 15) is 0 Å². The van der Waals surface area contributed by atoms with Crippen molar-refractivity contribution in [3.05, 3.63) is 35.7 Å². The van der Waals surface area contributed by atoms with Crippen LogP contribution >= 0.6 is 0 Å². The van der Waals surface area contributed by atoms with Crippen molar-refractivity contribution in [3.63, 3.8) is 0 Å². The minimum absolute atomic E-state index is 0.578. The fourth-order valence-electron chi connectivity index (χ4n) is 0.827. The first-order valence-corrected chi connectivity index (χ1v) is 3.47. The van der Waals surface area contributed by atoms with Crippen molar-refractivity contribution >= 4 is 5.69 Å². The topological polar surface area (TPSA) is 13.6 Å².